The molecule has 0 aliphatic heterocycles. The molecular weight excluding hydrogens is 176 g/mol. The second-order valence-corrected chi connectivity index (χ2v) is 3.49. The summed E-state index contributed by atoms with van der Waals surface area (Å²) in [6.07, 6.45) is 0. The number of rotatable bonds is 1. The SMILES string of the molecule is CC(=NO)c1sc(=O)n(C)c1C. The predicted octanol–water partition coefficient (Wildman–Crippen LogP) is 0.953. The Morgan fingerprint density at radius 3 is 2.58 bits per heavy atom. The van der Waals surface area contributed by atoms with Gasteiger partial charge in [0.05, 0.1) is 10.6 Å². The number of hydrogen-bond donors (Lipinski definition) is 1. The molecule has 66 valence electrons. The summed E-state index contributed by atoms with van der Waals surface area (Å²) in [4.78, 5) is 11.8. The Morgan fingerprint density at radius 2 is 2.25 bits per heavy atom. The Balaban J connectivity index is 3.37. The van der Waals surface area contributed by atoms with Crippen LogP contribution in [0.5, 0.6) is 0 Å². The second kappa shape index (κ2) is 3.10. The zero-order chi connectivity index (χ0) is 9.30. The van der Waals surface area contributed by atoms with Crippen molar-refractivity contribution in [2.45, 2.75) is 13.8 Å². The minimum atomic E-state index is -0.0366. The molecule has 0 aromatic carbocycles. The molecule has 0 atom stereocenters. The van der Waals surface area contributed by atoms with E-state index >= 15 is 0 Å². The minimum absolute atomic E-state index is 0.0366. The molecule has 4 nitrogen and oxygen atoms in total. The Kier molecular flexibility index (Phi) is 2.32. The van der Waals surface area contributed by atoms with Gasteiger partial charge in [-0.1, -0.05) is 16.5 Å². The first kappa shape index (κ1) is 8.99. The van der Waals surface area contributed by atoms with Crippen molar-refractivity contribution in [2.75, 3.05) is 0 Å². The smallest absolute Gasteiger partial charge is 0.307 e. The highest BCUT2D eigenvalue weighted by molar-refractivity contribution is 7.11. The highest BCUT2D eigenvalue weighted by Gasteiger charge is 2.10. The molecule has 1 heterocycles. The van der Waals surface area contributed by atoms with E-state index in [1.54, 1.807) is 14.0 Å². The standard InChI is InChI=1S/C7H10N2O2S/c1-4(8-11)6-5(2)9(3)7(10)12-6/h11H,1-3H3. The average molecular weight is 186 g/mol. The van der Waals surface area contributed by atoms with Crippen molar-refractivity contribution < 1.29 is 5.21 Å². The van der Waals surface area contributed by atoms with Gasteiger partial charge < -0.3 is 9.77 Å². The van der Waals surface area contributed by atoms with Crippen LogP contribution in [0.25, 0.3) is 0 Å². The van der Waals surface area contributed by atoms with E-state index in [1.165, 1.54) is 4.57 Å². The lowest BCUT2D eigenvalue weighted by Crippen LogP contribution is -2.08. The summed E-state index contributed by atoms with van der Waals surface area (Å²) in [5.41, 5.74) is 1.32. The zero-order valence-electron chi connectivity index (χ0n) is 7.16. The van der Waals surface area contributed by atoms with Crippen molar-refractivity contribution in [3.63, 3.8) is 0 Å². The summed E-state index contributed by atoms with van der Waals surface area (Å²) in [6.45, 7) is 3.49. The van der Waals surface area contributed by atoms with Crippen molar-refractivity contribution in [2.24, 2.45) is 12.2 Å². The number of nitrogens with zero attached hydrogens (tertiary/aromatic N) is 2. The molecule has 0 saturated heterocycles. The summed E-state index contributed by atoms with van der Waals surface area (Å²) < 4.78 is 1.54. The summed E-state index contributed by atoms with van der Waals surface area (Å²) in [5.74, 6) is 0. The summed E-state index contributed by atoms with van der Waals surface area (Å²) in [6, 6.07) is 0. The maximum Gasteiger partial charge on any atom is 0.307 e. The molecule has 1 rings (SSSR count). The molecular formula is C7H10N2O2S. The number of aromatic nitrogens is 1. The molecule has 0 unspecified atom stereocenters. The topological polar surface area (TPSA) is 54.6 Å². The van der Waals surface area contributed by atoms with Crippen LogP contribution in [0.1, 0.15) is 17.5 Å². The van der Waals surface area contributed by atoms with Gasteiger partial charge in [-0.15, -0.1) is 0 Å². The first-order valence-electron chi connectivity index (χ1n) is 3.43. The van der Waals surface area contributed by atoms with Crippen molar-refractivity contribution in [1.29, 1.82) is 0 Å². The van der Waals surface area contributed by atoms with E-state index in [4.69, 9.17) is 5.21 Å². The third kappa shape index (κ3) is 1.27. The van der Waals surface area contributed by atoms with Gasteiger partial charge >= 0.3 is 4.87 Å². The fraction of sp³-hybridized carbons (Fsp3) is 0.429. The summed E-state index contributed by atoms with van der Waals surface area (Å²) >= 11 is 1.09. The Bertz CT molecular complexity index is 375. The van der Waals surface area contributed by atoms with E-state index in [9.17, 15) is 4.79 Å². The van der Waals surface area contributed by atoms with E-state index in [0.717, 1.165) is 21.9 Å². The van der Waals surface area contributed by atoms with E-state index in [-0.39, 0.29) is 4.87 Å². The zero-order valence-corrected chi connectivity index (χ0v) is 7.97. The molecule has 12 heavy (non-hydrogen) atoms. The van der Waals surface area contributed by atoms with Crippen LogP contribution in [0.3, 0.4) is 0 Å². The highest BCUT2D eigenvalue weighted by atomic mass is 32.1. The second-order valence-electron chi connectivity index (χ2n) is 2.53. The van der Waals surface area contributed by atoms with Gasteiger partial charge in [-0.25, -0.2) is 0 Å². The van der Waals surface area contributed by atoms with Crippen LogP contribution in [-0.2, 0) is 7.05 Å². The lowest BCUT2D eigenvalue weighted by atomic mass is 10.3. The van der Waals surface area contributed by atoms with Crippen LogP contribution in [0.15, 0.2) is 9.95 Å². The molecule has 1 aromatic heterocycles. The largest absolute Gasteiger partial charge is 0.411 e. The Labute approximate surface area is 73.8 Å². The van der Waals surface area contributed by atoms with Crippen molar-refractivity contribution >= 4 is 17.0 Å². The molecule has 5 heteroatoms. The van der Waals surface area contributed by atoms with E-state index in [0.29, 0.717) is 5.71 Å². The van der Waals surface area contributed by atoms with Gasteiger partial charge in [0.25, 0.3) is 0 Å². The fourth-order valence-electron chi connectivity index (χ4n) is 0.900. The van der Waals surface area contributed by atoms with Crippen LogP contribution in [0, 0.1) is 6.92 Å². The molecule has 0 fully saturated rings. The van der Waals surface area contributed by atoms with Gasteiger partial charge in [0.1, 0.15) is 0 Å². The van der Waals surface area contributed by atoms with Crippen LogP contribution < -0.4 is 4.87 Å². The van der Waals surface area contributed by atoms with Gasteiger partial charge in [-0.3, -0.25) is 4.79 Å². The minimum Gasteiger partial charge on any atom is -0.411 e. The normalized spacial score (nSPS) is 12.1. The third-order valence-corrected chi connectivity index (χ3v) is 3.02. The maximum absolute atomic E-state index is 11.1. The first-order valence-corrected chi connectivity index (χ1v) is 4.25. The molecule has 0 amide bonds. The van der Waals surface area contributed by atoms with E-state index < -0.39 is 0 Å². The third-order valence-electron chi connectivity index (χ3n) is 1.77. The lowest BCUT2D eigenvalue weighted by molar-refractivity contribution is 0.319. The fourth-order valence-corrected chi connectivity index (χ4v) is 1.82. The number of hydrogen-bond acceptors (Lipinski definition) is 4. The molecule has 1 N–H and O–H groups in total. The van der Waals surface area contributed by atoms with Crippen LogP contribution in [0.4, 0.5) is 0 Å². The molecule has 0 spiro atoms. The van der Waals surface area contributed by atoms with Crippen molar-refractivity contribution in [3.8, 4) is 0 Å². The Hall–Kier alpha value is -1.10. The highest BCUT2D eigenvalue weighted by Crippen LogP contribution is 2.11. The molecule has 1 aromatic rings. The average Bonchev–Trinajstić information content (AvgIpc) is 2.32. The van der Waals surface area contributed by atoms with Gasteiger partial charge in [0, 0.05) is 12.7 Å². The van der Waals surface area contributed by atoms with Gasteiger partial charge in [-0.05, 0) is 13.8 Å². The number of oxime groups is 1. The summed E-state index contributed by atoms with van der Waals surface area (Å²) in [7, 11) is 1.70. The van der Waals surface area contributed by atoms with Gasteiger partial charge in [-0.2, -0.15) is 0 Å². The first-order chi connectivity index (χ1) is 5.57. The Morgan fingerprint density at radius 1 is 1.67 bits per heavy atom. The predicted molar refractivity (Wildman–Crippen MR) is 48.3 cm³/mol. The molecule has 0 aliphatic carbocycles. The van der Waals surface area contributed by atoms with Crippen LogP contribution in [-0.4, -0.2) is 15.5 Å². The van der Waals surface area contributed by atoms with Crippen molar-refractivity contribution in [1.82, 2.24) is 4.57 Å². The monoisotopic (exact) mass is 186 g/mol. The molecule has 0 saturated carbocycles. The lowest BCUT2D eigenvalue weighted by Gasteiger charge is -1.96. The molecule has 0 radical (unpaired) electrons. The quantitative estimate of drug-likeness (QED) is 0.403. The molecule has 0 bridgehead atoms. The van der Waals surface area contributed by atoms with E-state index in [2.05, 4.69) is 5.16 Å². The van der Waals surface area contributed by atoms with Gasteiger partial charge in [0.2, 0.25) is 0 Å². The maximum atomic E-state index is 11.1. The molecule has 0 aliphatic rings. The van der Waals surface area contributed by atoms with Crippen LogP contribution >= 0.6 is 11.3 Å². The van der Waals surface area contributed by atoms with E-state index in [1.807, 2.05) is 6.92 Å². The van der Waals surface area contributed by atoms with Crippen molar-refractivity contribution in [3.05, 3.63) is 20.2 Å². The van der Waals surface area contributed by atoms with Crippen LogP contribution in [0.2, 0.25) is 0 Å². The number of thiazole rings is 1. The summed E-state index contributed by atoms with van der Waals surface area (Å²) in [5, 5.41) is 11.5. The van der Waals surface area contributed by atoms with Gasteiger partial charge in [0.15, 0.2) is 0 Å².